The van der Waals surface area contributed by atoms with Crippen LogP contribution in [-0.2, 0) is 0 Å². The molecular weight excluding hydrogens is 403 g/mol. The van der Waals surface area contributed by atoms with E-state index in [0.29, 0.717) is 14.9 Å². The van der Waals surface area contributed by atoms with Crippen LogP contribution in [0.25, 0.3) is 0 Å². The molecule has 0 saturated heterocycles. The van der Waals surface area contributed by atoms with Gasteiger partial charge in [0.15, 0.2) is 0 Å². The van der Waals surface area contributed by atoms with E-state index in [1.54, 1.807) is 23.0 Å². The molecule has 0 spiro atoms. The first-order chi connectivity index (χ1) is 11.7. The van der Waals surface area contributed by atoms with Gasteiger partial charge in [0.25, 0.3) is 0 Å². The molecule has 0 fully saturated rings. The van der Waals surface area contributed by atoms with Crippen molar-refractivity contribution in [1.29, 1.82) is 0 Å². The molecule has 6 heteroatoms. The number of hydrogen-bond donors (Lipinski definition) is 0. The number of benzene rings is 1. The first kappa shape index (κ1) is 17.7. The summed E-state index contributed by atoms with van der Waals surface area (Å²) in [5.74, 6) is 2.32. The molecule has 0 saturated carbocycles. The number of unbranched alkanes of at least 4 members (excludes halogenated alkanes) is 1. The second-order valence-corrected chi connectivity index (χ2v) is 9.27. The predicted molar refractivity (Wildman–Crippen MR) is 106 cm³/mol. The summed E-state index contributed by atoms with van der Waals surface area (Å²) < 4.78 is 6.44. The minimum absolute atomic E-state index is 0.358. The van der Waals surface area contributed by atoms with Crippen molar-refractivity contribution >= 4 is 46.0 Å². The Balaban J connectivity index is 1.93. The van der Waals surface area contributed by atoms with Crippen molar-refractivity contribution in [3.63, 3.8) is 0 Å². The normalized spacial score (nSPS) is 17.0. The molecule has 126 valence electrons. The average Bonchev–Trinajstić information content (AvgIpc) is 2.95. The molecule has 1 aliphatic rings. The van der Waals surface area contributed by atoms with Crippen molar-refractivity contribution in [3.05, 3.63) is 58.7 Å². The number of thioether (sulfide) groups is 1. The van der Waals surface area contributed by atoms with Gasteiger partial charge in [-0.05, 0) is 0 Å². The molecule has 0 aliphatic carbocycles. The van der Waals surface area contributed by atoms with Crippen molar-refractivity contribution in [3.8, 4) is 11.5 Å². The van der Waals surface area contributed by atoms with Crippen molar-refractivity contribution in [2.75, 3.05) is 4.90 Å². The fraction of sp³-hybridized carbons (Fsp3) is 0.278. The summed E-state index contributed by atoms with van der Waals surface area (Å²) in [6.07, 6.45) is 5.09. The molecule has 24 heavy (non-hydrogen) atoms. The van der Waals surface area contributed by atoms with Crippen LogP contribution in [0.15, 0.2) is 53.7 Å². The van der Waals surface area contributed by atoms with Crippen molar-refractivity contribution in [1.82, 2.24) is 4.98 Å². The third-order valence-electron chi connectivity index (χ3n) is 3.69. The Bertz CT molecular complexity index is 726. The van der Waals surface area contributed by atoms with Crippen LogP contribution >= 0.6 is 23.4 Å². The summed E-state index contributed by atoms with van der Waals surface area (Å²) in [7, 11) is 0. The molecule has 1 aliphatic heterocycles. The van der Waals surface area contributed by atoms with Crippen LogP contribution in [0.1, 0.15) is 26.2 Å². The molecule has 0 amide bonds. The van der Waals surface area contributed by atoms with Crippen molar-refractivity contribution in [2.45, 2.75) is 30.3 Å². The van der Waals surface area contributed by atoms with Gasteiger partial charge in [0.1, 0.15) is 0 Å². The molecule has 3 rings (SSSR count). The van der Waals surface area contributed by atoms with E-state index in [1.165, 1.54) is 18.5 Å². The third kappa shape index (κ3) is 4.11. The topological polar surface area (TPSA) is 25.4 Å². The van der Waals surface area contributed by atoms with E-state index in [1.807, 2.05) is 48.2 Å². The van der Waals surface area contributed by atoms with Gasteiger partial charge in [-0.15, -0.1) is 0 Å². The summed E-state index contributed by atoms with van der Waals surface area (Å²) in [5, 5.41) is 2.83. The zero-order valence-corrected chi connectivity index (χ0v) is 17.5. The van der Waals surface area contributed by atoms with Gasteiger partial charge in [-0.3, -0.25) is 0 Å². The van der Waals surface area contributed by atoms with Crippen LogP contribution in [0.3, 0.4) is 0 Å². The first-order valence-corrected chi connectivity index (χ1v) is 10.7. The van der Waals surface area contributed by atoms with Gasteiger partial charge >= 0.3 is 161 Å². The Kier molecular flexibility index (Phi) is 6.15. The Hall–Kier alpha value is -1.09. The summed E-state index contributed by atoms with van der Waals surface area (Å²) in [6, 6.07) is 11.6. The van der Waals surface area contributed by atoms with E-state index >= 15 is 0 Å². The Morgan fingerprint density at radius 2 is 2.12 bits per heavy atom. The van der Waals surface area contributed by atoms with Gasteiger partial charge in [-0.2, -0.15) is 0 Å². The Morgan fingerprint density at radius 1 is 1.33 bits per heavy atom. The van der Waals surface area contributed by atoms with E-state index in [9.17, 15) is 0 Å². The van der Waals surface area contributed by atoms with Crippen LogP contribution in [0.5, 0.6) is 11.5 Å². The van der Waals surface area contributed by atoms with Gasteiger partial charge in [0.05, 0.1) is 0 Å². The van der Waals surface area contributed by atoms with Gasteiger partial charge in [0, 0.05) is 0 Å². The van der Waals surface area contributed by atoms with Crippen molar-refractivity contribution < 1.29 is 4.74 Å². The van der Waals surface area contributed by atoms with Crippen molar-refractivity contribution in [2.24, 2.45) is 0 Å². The van der Waals surface area contributed by atoms with Crippen LogP contribution < -0.4 is 9.64 Å². The molecule has 0 N–H and O–H groups in total. The minimum atomic E-state index is 0.358. The number of rotatable bonds is 6. The van der Waals surface area contributed by atoms with E-state index in [-0.39, 0.29) is 0 Å². The second kappa shape index (κ2) is 8.33. The summed E-state index contributed by atoms with van der Waals surface area (Å²) in [4.78, 5) is 6.88. The SMILES string of the molecule is CCCCC1=CSC([AsH2])N1c1ncc(Cl)cc1Oc1ccccc1. The fourth-order valence-electron chi connectivity index (χ4n) is 2.51. The van der Waals surface area contributed by atoms with E-state index < -0.39 is 0 Å². The van der Waals surface area contributed by atoms with E-state index in [2.05, 4.69) is 22.2 Å². The monoisotopic (exact) mass is 422 g/mol. The van der Waals surface area contributed by atoms with Gasteiger partial charge in [-0.1, -0.05) is 0 Å². The average molecular weight is 423 g/mol. The number of allylic oxidation sites excluding steroid dienone is 1. The number of hydrogen-bond acceptors (Lipinski definition) is 4. The number of ether oxygens (including phenoxy) is 1. The molecule has 2 atom stereocenters. The zero-order chi connectivity index (χ0) is 16.9. The molecule has 1 aromatic heterocycles. The zero-order valence-electron chi connectivity index (χ0n) is 13.5. The molecule has 0 radical (unpaired) electrons. The molecular formula is C18H20AsClN2OS. The summed E-state index contributed by atoms with van der Waals surface area (Å²) in [5.41, 5.74) is 1.31. The fourth-order valence-corrected chi connectivity index (χ4v) is 4.73. The predicted octanol–water partition coefficient (Wildman–Crippen LogP) is 5.03. The Labute approximate surface area is 160 Å². The third-order valence-corrected chi connectivity index (χ3v) is 6.41. The van der Waals surface area contributed by atoms with Gasteiger partial charge < -0.3 is 0 Å². The summed E-state index contributed by atoms with van der Waals surface area (Å²) in [6.45, 7) is 2.21. The number of aromatic nitrogens is 1. The summed E-state index contributed by atoms with van der Waals surface area (Å²) >= 11 is 9.68. The number of anilines is 1. The molecule has 0 bridgehead atoms. The van der Waals surface area contributed by atoms with Crippen LogP contribution in [0, 0.1) is 0 Å². The van der Waals surface area contributed by atoms with Gasteiger partial charge in [-0.25, -0.2) is 0 Å². The quantitative estimate of drug-likeness (QED) is 0.610. The van der Waals surface area contributed by atoms with Crippen LogP contribution in [0.4, 0.5) is 5.82 Å². The molecule has 3 nitrogen and oxygen atoms in total. The van der Waals surface area contributed by atoms with E-state index in [4.69, 9.17) is 16.3 Å². The maximum absolute atomic E-state index is 6.17. The molecule has 2 heterocycles. The second-order valence-electron chi connectivity index (χ2n) is 5.50. The maximum atomic E-state index is 6.17. The number of nitrogens with zero attached hydrogens (tertiary/aromatic N) is 2. The standard InChI is InChI=1S/C18H20AsClN2OS/c1-2-3-7-14-12-24-18(19)22(14)17-16(10-13(20)11-21-17)23-15-8-5-4-6-9-15/h4-6,8-12,18H,2-3,7,19H2,1H3. The number of para-hydroxylation sites is 1. The number of pyridine rings is 1. The Morgan fingerprint density at radius 3 is 2.88 bits per heavy atom. The van der Waals surface area contributed by atoms with Gasteiger partial charge in [0.2, 0.25) is 0 Å². The van der Waals surface area contributed by atoms with E-state index in [0.717, 1.165) is 18.0 Å². The first-order valence-electron chi connectivity index (χ1n) is 7.97. The van der Waals surface area contributed by atoms with Crippen LogP contribution in [-0.4, -0.2) is 26.0 Å². The molecule has 1 aromatic carbocycles. The van der Waals surface area contributed by atoms with Crippen LogP contribution in [0.2, 0.25) is 5.02 Å². The molecule has 2 aromatic rings. The molecule has 2 unspecified atom stereocenters. The number of halogens is 1.